The van der Waals surface area contributed by atoms with Gasteiger partial charge in [0, 0.05) is 6.26 Å². The minimum absolute atomic E-state index is 0.0650. The van der Waals surface area contributed by atoms with E-state index in [2.05, 4.69) is 15.5 Å². The van der Waals surface area contributed by atoms with E-state index in [1.807, 2.05) is 13.8 Å². The van der Waals surface area contributed by atoms with Crippen LogP contribution < -0.4 is 5.32 Å². The Labute approximate surface area is 136 Å². The molecule has 0 saturated heterocycles. The lowest BCUT2D eigenvalue weighted by Crippen LogP contribution is -2.16. The summed E-state index contributed by atoms with van der Waals surface area (Å²) in [5, 5.41) is 9.93. The lowest BCUT2D eigenvalue weighted by atomic mass is 10.1. The number of anilines is 1. The van der Waals surface area contributed by atoms with Crippen molar-refractivity contribution in [3.8, 4) is 0 Å². The molecule has 10 heteroatoms. The fraction of sp³-hybridized carbons (Fsp3) is 0.545. The Kier molecular flexibility index (Phi) is 4.36. The van der Waals surface area contributed by atoms with E-state index < -0.39 is 9.84 Å². The second kappa shape index (κ2) is 5.49. The molecule has 1 aromatic heterocycles. The molecule has 0 aliphatic heterocycles. The summed E-state index contributed by atoms with van der Waals surface area (Å²) in [5.74, 6) is -0.618. The second-order valence-electron chi connectivity index (χ2n) is 5.42. The van der Waals surface area contributed by atoms with Crippen molar-refractivity contribution in [2.75, 3.05) is 11.6 Å². The van der Waals surface area contributed by atoms with Gasteiger partial charge in [0.2, 0.25) is 25.2 Å². The number of nitrogens with zero attached hydrogens (tertiary/aromatic N) is 2. The Balaban J connectivity index is 2.10. The van der Waals surface area contributed by atoms with Gasteiger partial charge in [-0.2, -0.15) is 0 Å². The van der Waals surface area contributed by atoms with Crippen LogP contribution in [0.5, 0.6) is 0 Å². The maximum atomic E-state index is 12.2. The number of aromatic nitrogens is 2. The highest BCUT2D eigenvalue weighted by Crippen LogP contribution is 2.60. The average Bonchev–Trinajstić information content (AvgIpc) is 2.70. The second-order valence-corrected chi connectivity index (χ2v) is 9.59. The fourth-order valence-corrected chi connectivity index (χ4v) is 4.00. The van der Waals surface area contributed by atoms with E-state index in [0.717, 1.165) is 17.6 Å². The van der Waals surface area contributed by atoms with Gasteiger partial charge in [-0.05, 0) is 17.4 Å². The molecule has 0 radical (unpaired) electrons. The quantitative estimate of drug-likeness (QED) is 0.823. The molecule has 0 unspecified atom stereocenters. The van der Waals surface area contributed by atoms with Crippen LogP contribution in [-0.4, -0.2) is 30.8 Å². The van der Waals surface area contributed by atoms with Crippen molar-refractivity contribution in [2.24, 2.45) is 17.3 Å². The summed E-state index contributed by atoms with van der Waals surface area (Å²) < 4.78 is 22.6. The molecule has 1 N–H and O–H groups in total. The highest BCUT2D eigenvalue weighted by molar-refractivity contribution is 7.92. The number of hydrogen-bond acceptors (Lipinski definition) is 6. The molecule has 6 nitrogen and oxygen atoms in total. The number of halogens is 2. The summed E-state index contributed by atoms with van der Waals surface area (Å²) in [4.78, 5) is 12.2. The van der Waals surface area contributed by atoms with E-state index in [0.29, 0.717) is 0 Å². The number of sulfone groups is 1. The topological polar surface area (TPSA) is 89.0 Å². The number of allylic oxidation sites excluding steroid dienone is 1. The standard InChI is InChI=1S/C11H13Cl2N3O3S2/c1-11(2)5(4-6(12)13)7(11)8(17)14-9-15-16-10(20-9)21(3,18)19/h4-5,7H,1-3H3,(H,14,15,17)/t5-,7+/m1/s1. The molecule has 0 spiro atoms. The summed E-state index contributed by atoms with van der Waals surface area (Å²) in [7, 11) is -3.42. The molecule has 116 valence electrons. The molecular formula is C11H13Cl2N3O3S2. The monoisotopic (exact) mass is 369 g/mol. The van der Waals surface area contributed by atoms with Gasteiger partial charge < -0.3 is 5.32 Å². The van der Waals surface area contributed by atoms with Crippen LogP contribution in [0.2, 0.25) is 0 Å². The third-order valence-electron chi connectivity index (χ3n) is 3.45. The van der Waals surface area contributed by atoms with Crippen LogP contribution in [0.4, 0.5) is 5.13 Å². The molecule has 1 amide bonds. The Bertz CT molecular complexity index is 708. The maximum absolute atomic E-state index is 12.2. The van der Waals surface area contributed by atoms with Gasteiger partial charge in [0.15, 0.2) is 0 Å². The highest BCUT2D eigenvalue weighted by Gasteiger charge is 2.60. The van der Waals surface area contributed by atoms with Crippen LogP contribution >= 0.6 is 34.5 Å². The fourth-order valence-electron chi connectivity index (χ4n) is 2.22. The molecule has 2 atom stereocenters. The molecule has 0 bridgehead atoms. The number of carbonyl (C=O) groups excluding carboxylic acids is 1. The Morgan fingerprint density at radius 1 is 1.38 bits per heavy atom. The zero-order valence-corrected chi connectivity index (χ0v) is 14.6. The molecule has 1 saturated carbocycles. The van der Waals surface area contributed by atoms with Gasteiger partial charge in [-0.15, -0.1) is 10.2 Å². The number of amides is 1. The summed E-state index contributed by atoms with van der Waals surface area (Å²) >= 11 is 12.1. The van der Waals surface area contributed by atoms with E-state index in [-0.39, 0.29) is 37.1 Å². The van der Waals surface area contributed by atoms with Crippen LogP contribution in [0.15, 0.2) is 14.9 Å². The third-order valence-corrected chi connectivity index (χ3v) is 6.21. The van der Waals surface area contributed by atoms with E-state index in [1.165, 1.54) is 0 Å². The lowest BCUT2D eigenvalue weighted by Gasteiger charge is -2.01. The first kappa shape index (κ1) is 16.7. The van der Waals surface area contributed by atoms with Crippen LogP contribution in [0.3, 0.4) is 0 Å². The van der Waals surface area contributed by atoms with Crippen molar-refractivity contribution in [1.82, 2.24) is 10.2 Å². The van der Waals surface area contributed by atoms with Crippen LogP contribution in [-0.2, 0) is 14.6 Å². The van der Waals surface area contributed by atoms with E-state index >= 15 is 0 Å². The molecule has 1 aliphatic rings. The number of carbonyl (C=O) groups is 1. The first-order valence-electron chi connectivity index (χ1n) is 5.90. The van der Waals surface area contributed by atoms with Crippen molar-refractivity contribution in [3.63, 3.8) is 0 Å². The summed E-state index contributed by atoms with van der Waals surface area (Å²) in [6, 6.07) is 0. The summed E-state index contributed by atoms with van der Waals surface area (Å²) in [5.41, 5.74) is -0.260. The van der Waals surface area contributed by atoms with E-state index in [4.69, 9.17) is 23.2 Å². The van der Waals surface area contributed by atoms with Gasteiger partial charge in [-0.25, -0.2) is 8.42 Å². The third kappa shape index (κ3) is 3.56. The molecule has 21 heavy (non-hydrogen) atoms. The van der Waals surface area contributed by atoms with Crippen molar-refractivity contribution in [3.05, 3.63) is 10.6 Å². The smallest absolute Gasteiger partial charge is 0.234 e. The first-order chi connectivity index (χ1) is 9.53. The van der Waals surface area contributed by atoms with Crippen LogP contribution in [0, 0.1) is 17.3 Å². The largest absolute Gasteiger partial charge is 0.300 e. The number of rotatable bonds is 4. The average molecular weight is 370 g/mol. The molecular weight excluding hydrogens is 357 g/mol. The Morgan fingerprint density at radius 2 is 2.00 bits per heavy atom. The molecule has 1 heterocycles. The minimum atomic E-state index is -3.42. The van der Waals surface area contributed by atoms with Crippen molar-refractivity contribution in [1.29, 1.82) is 0 Å². The molecule has 1 aromatic rings. The predicted molar refractivity (Wildman–Crippen MR) is 82.2 cm³/mol. The van der Waals surface area contributed by atoms with Gasteiger partial charge in [0.1, 0.15) is 4.49 Å². The molecule has 1 fully saturated rings. The lowest BCUT2D eigenvalue weighted by molar-refractivity contribution is -0.118. The predicted octanol–water partition coefficient (Wildman–Crippen LogP) is 2.47. The summed E-state index contributed by atoms with van der Waals surface area (Å²) in [6.45, 7) is 3.86. The summed E-state index contributed by atoms with van der Waals surface area (Å²) in [6.07, 6.45) is 2.67. The normalized spacial score (nSPS) is 23.5. The van der Waals surface area contributed by atoms with Gasteiger partial charge in [0.05, 0.1) is 5.92 Å². The van der Waals surface area contributed by atoms with Crippen LogP contribution in [0.25, 0.3) is 0 Å². The first-order valence-corrected chi connectivity index (χ1v) is 9.37. The van der Waals surface area contributed by atoms with E-state index in [1.54, 1.807) is 6.08 Å². The van der Waals surface area contributed by atoms with Crippen molar-refractivity contribution < 1.29 is 13.2 Å². The zero-order chi connectivity index (χ0) is 16.0. The van der Waals surface area contributed by atoms with Crippen LogP contribution in [0.1, 0.15) is 13.8 Å². The number of nitrogens with one attached hydrogen (secondary N) is 1. The minimum Gasteiger partial charge on any atom is -0.300 e. The SMILES string of the molecule is CC1(C)[C@H](C=C(Cl)Cl)[C@H]1C(=O)Nc1nnc(S(C)(=O)=O)s1. The van der Waals surface area contributed by atoms with Crippen molar-refractivity contribution in [2.45, 2.75) is 18.2 Å². The van der Waals surface area contributed by atoms with E-state index in [9.17, 15) is 13.2 Å². The van der Waals surface area contributed by atoms with Gasteiger partial charge >= 0.3 is 0 Å². The van der Waals surface area contributed by atoms with Gasteiger partial charge in [0.25, 0.3) is 0 Å². The van der Waals surface area contributed by atoms with Crippen molar-refractivity contribution >= 4 is 55.4 Å². The molecule has 2 rings (SSSR count). The zero-order valence-electron chi connectivity index (χ0n) is 11.4. The molecule has 0 aromatic carbocycles. The number of hydrogen-bond donors (Lipinski definition) is 1. The molecule has 1 aliphatic carbocycles. The van der Waals surface area contributed by atoms with Gasteiger partial charge in [-0.3, -0.25) is 4.79 Å². The maximum Gasteiger partial charge on any atom is 0.234 e. The van der Waals surface area contributed by atoms with Gasteiger partial charge in [-0.1, -0.05) is 48.4 Å². The Morgan fingerprint density at radius 3 is 2.48 bits per heavy atom. The Hall–Kier alpha value is -0.700. The highest BCUT2D eigenvalue weighted by atomic mass is 35.5.